The predicted octanol–water partition coefficient (Wildman–Crippen LogP) is 4.49. The summed E-state index contributed by atoms with van der Waals surface area (Å²) in [5.41, 5.74) is 0.527. The highest BCUT2D eigenvalue weighted by atomic mass is 79.9. The topological polar surface area (TPSA) is 46.6 Å². The van der Waals surface area contributed by atoms with E-state index in [9.17, 15) is 8.42 Å². The fraction of sp³-hybridized carbons (Fsp3) is 0.125. The van der Waals surface area contributed by atoms with E-state index >= 15 is 0 Å². The summed E-state index contributed by atoms with van der Waals surface area (Å²) in [4.78, 5) is 0.0842. The van der Waals surface area contributed by atoms with Crippen LogP contribution in [0.5, 0.6) is 5.75 Å². The van der Waals surface area contributed by atoms with Gasteiger partial charge in [-0.3, -0.25) is 4.31 Å². The van der Waals surface area contributed by atoms with Gasteiger partial charge < -0.3 is 4.74 Å². The first-order chi connectivity index (χ1) is 10.9. The summed E-state index contributed by atoms with van der Waals surface area (Å²) in [6.45, 7) is 3.77. The lowest BCUT2D eigenvalue weighted by atomic mass is 10.3. The van der Waals surface area contributed by atoms with Gasteiger partial charge in [0, 0.05) is 4.47 Å². The maximum atomic E-state index is 13.0. The third-order valence-corrected chi connectivity index (χ3v) is 5.87. The minimum absolute atomic E-state index is 0.0842. The van der Waals surface area contributed by atoms with E-state index in [2.05, 4.69) is 22.5 Å². The highest BCUT2D eigenvalue weighted by molar-refractivity contribution is 9.10. The van der Waals surface area contributed by atoms with Gasteiger partial charge in [-0.2, -0.15) is 0 Å². The Labute approximate surface area is 149 Å². The lowest BCUT2D eigenvalue weighted by Crippen LogP contribution is -2.31. The molecule has 0 aliphatic heterocycles. The lowest BCUT2D eigenvalue weighted by molar-refractivity contribution is 0.414. The van der Waals surface area contributed by atoms with Crippen molar-refractivity contribution in [2.24, 2.45) is 0 Å². The van der Waals surface area contributed by atoms with E-state index in [1.807, 2.05) is 6.07 Å². The third kappa shape index (κ3) is 3.71. The molecule has 0 saturated carbocycles. The first kappa shape index (κ1) is 17.8. The van der Waals surface area contributed by atoms with Crippen LogP contribution in [0.15, 0.2) is 64.5 Å². The Kier molecular flexibility index (Phi) is 5.73. The van der Waals surface area contributed by atoms with Crippen molar-refractivity contribution in [3.05, 3.63) is 64.6 Å². The number of ether oxygens (including phenoxy) is 1. The Hall–Kier alpha value is -1.50. The summed E-state index contributed by atoms with van der Waals surface area (Å²) >= 11 is 9.44. The van der Waals surface area contributed by atoms with Gasteiger partial charge in [-0.25, -0.2) is 8.42 Å². The van der Waals surface area contributed by atoms with Crippen molar-refractivity contribution >= 4 is 43.2 Å². The fourth-order valence-corrected chi connectivity index (χ4v) is 4.45. The Bertz CT molecular complexity index is 824. The number of hydrogen-bond acceptors (Lipinski definition) is 3. The molecule has 0 aliphatic carbocycles. The number of para-hydroxylation sites is 1. The zero-order valence-electron chi connectivity index (χ0n) is 12.4. The maximum Gasteiger partial charge on any atom is 0.264 e. The summed E-state index contributed by atoms with van der Waals surface area (Å²) in [5, 5.41) is 0.235. The van der Waals surface area contributed by atoms with E-state index in [0.717, 1.165) is 0 Å². The highest BCUT2D eigenvalue weighted by Gasteiger charge is 2.26. The molecule has 0 atom stereocenters. The quantitative estimate of drug-likeness (QED) is 0.652. The monoisotopic (exact) mass is 415 g/mol. The number of hydrogen-bond donors (Lipinski definition) is 0. The third-order valence-electron chi connectivity index (χ3n) is 3.13. The Morgan fingerprint density at radius 3 is 2.57 bits per heavy atom. The van der Waals surface area contributed by atoms with Crippen molar-refractivity contribution < 1.29 is 13.2 Å². The molecule has 0 radical (unpaired) electrons. The molecule has 7 heteroatoms. The summed E-state index contributed by atoms with van der Waals surface area (Å²) in [6.07, 6.45) is 1.53. The number of sulfonamides is 1. The average molecular weight is 417 g/mol. The van der Waals surface area contributed by atoms with Crippen LogP contribution in [0.25, 0.3) is 0 Å². The number of halogens is 2. The van der Waals surface area contributed by atoms with E-state index in [1.54, 1.807) is 18.2 Å². The van der Waals surface area contributed by atoms with Gasteiger partial charge in [-0.15, -0.1) is 6.58 Å². The van der Waals surface area contributed by atoms with Crippen LogP contribution in [0.1, 0.15) is 0 Å². The van der Waals surface area contributed by atoms with Crippen molar-refractivity contribution in [2.75, 3.05) is 18.0 Å². The van der Waals surface area contributed by atoms with Gasteiger partial charge in [-0.1, -0.05) is 29.8 Å². The second-order valence-corrected chi connectivity index (χ2v) is 7.70. The standard InChI is InChI=1S/C16H15BrClNO3S/c1-3-10-19(15-7-5-4-6-13(15)17)23(20,21)12-8-9-16(22-2)14(18)11-12/h3-9,11H,1,10H2,2H3. The molecule has 0 aliphatic rings. The summed E-state index contributed by atoms with van der Waals surface area (Å²) in [6, 6.07) is 11.5. The van der Waals surface area contributed by atoms with Gasteiger partial charge >= 0.3 is 0 Å². The molecule has 2 rings (SSSR count). The first-order valence-corrected chi connectivity index (χ1v) is 9.24. The SMILES string of the molecule is C=CCN(c1ccccc1Br)S(=O)(=O)c1ccc(OC)c(Cl)c1. The Balaban J connectivity index is 2.56. The van der Waals surface area contributed by atoms with Crippen LogP contribution in [0.2, 0.25) is 5.02 Å². The van der Waals surface area contributed by atoms with Crippen molar-refractivity contribution in [3.8, 4) is 5.75 Å². The van der Waals surface area contributed by atoms with Crippen molar-refractivity contribution in [3.63, 3.8) is 0 Å². The van der Waals surface area contributed by atoms with E-state index < -0.39 is 10.0 Å². The minimum Gasteiger partial charge on any atom is -0.495 e. The molecule has 2 aromatic rings. The highest BCUT2D eigenvalue weighted by Crippen LogP contribution is 2.33. The molecule has 0 unspecified atom stereocenters. The molecule has 23 heavy (non-hydrogen) atoms. The van der Waals surface area contributed by atoms with Crippen LogP contribution < -0.4 is 9.04 Å². The molecule has 4 nitrogen and oxygen atoms in total. The first-order valence-electron chi connectivity index (χ1n) is 6.63. The second kappa shape index (κ2) is 7.38. The second-order valence-electron chi connectivity index (χ2n) is 4.57. The van der Waals surface area contributed by atoms with Gasteiger partial charge in [-0.05, 0) is 46.3 Å². The normalized spacial score (nSPS) is 11.1. The predicted molar refractivity (Wildman–Crippen MR) is 96.9 cm³/mol. The van der Waals surface area contributed by atoms with E-state index in [0.29, 0.717) is 15.9 Å². The zero-order chi connectivity index (χ0) is 17.0. The van der Waals surface area contributed by atoms with Crippen molar-refractivity contribution in [1.29, 1.82) is 0 Å². The molecular formula is C16H15BrClNO3S. The van der Waals surface area contributed by atoms with Crippen molar-refractivity contribution in [1.82, 2.24) is 0 Å². The number of methoxy groups -OCH3 is 1. The Morgan fingerprint density at radius 1 is 1.30 bits per heavy atom. The van der Waals surface area contributed by atoms with E-state index in [-0.39, 0.29) is 16.5 Å². The van der Waals surface area contributed by atoms with E-state index in [1.165, 1.54) is 35.7 Å². The summed E-state index contributed by atoms with van der Waals surface area (Å²) < 4.78 is 33.0. The molecule has 0 fully saturated rings. The van der Waals surface area contributed by atoms with Crippen LogP contribution in [0, 0.1) is 0 Å². The fourth-order valence-electron chi connectivity index (χ4n) is 2.03. The molecule has 0 N–H and O–H groups in total. The van der Waals surface area contributed by atoms with Gasteiger partial charge in [0.2, 0.25) is 0 Å². The molecule has 122 valence electrons. The minimum atomic E-state index is -3.79. The maximum absolute atomic E-state index is 13.0. The van der Waals surface area contributed by atoms with Gasteiger partial charge in [0.1, 0.15) is 5.75 Å². The van der Waals surface area contributed by atoms with Crippen LogP contribution in [-0.2, 0) is 10.0 Å². The Morgan fingerprint density at radius 2 is 2.00 bits per heavy atom. The van der Waals surface area contributed by atoms with Gasteiger partial charge in [0.25, 0.3) is 10.0 Å². The molecule has 0 saturated heterocycles. The van der Waals surface area contributed by atoms with Crippen LogP contribution in [-0.4, -0.2) is 22.1 Å². The number of benzene rings is 2. The lowest BCUT2D eigenvalue weighted by Gasteiger charge is -2.24. The van der Waals surface area contributed by atoms with Crippen LogP contribution in [0.3, 0.4) is 0 Å². The van der Waals surface area contributed by atoms with Crippen LogP contribution >= 0.6 is 27.5 Å². The largest absolute Gasteiger partial charge is 0.495 e. The number of anilines is 1. The molecular weight excluding hydrogens is 402 g/mol. The van der Waals surface area contributed by atoms with Gasteiger partial charge in [0.05, 0.1) is 29.3 Å². The molecule has 0 amide bonds. The van der Waals surface area contributed by atoms with Gasteiger partial charge in [0.15, 0.2) is 0 Å². The van der Waals surface area contributed by atoms with E-state index in [4.69, 9.17) is 16.3 Å². The van der Waals surface area contributed by atoms with Crippen LogP contribution in [0.4, 0.5) is 5.69 Å². The zero-order valence-corrected chi connectivity index (χ0v) is 15.5. The number of rotatable bonds is 6. The molecule has 0 spiro atoms. The molecule has 2 aromatic carbocycles. The smallest absolute Gasteiger partial charge is 0.264 e. The number of nitrogens with zero attached hydrogens (tertiary/aromatic N) is 1. The summed E-state index contributed by atoms with van der Waals surface area (Å²) in [5.74, 6) is 0.418. The molecule has 0 heterocycles. The average Bonchev–Trinajstić information content (AvgIpc) is 2.53. The molecule has 0 bridgehead atoms. The van der Waals surface area contributed by atoms with Crippen molar-refractivity contribution in [2.45, 2.75) is 4.90 Å². The summed E-state index contributed by atoms with van der Waals surface area (Å²) in [7, 11) is -2.32. The molecule has 0 aromatic heterocycles.